The van der Waals surface area contributed by atoms with Gasteiger partial charge in [0.15, 0.2) is 5.78 Å². The molecule has 186 valence electrons. The van der Waals surface area contributed by atoms with Gasteiger partial charge in [-0.25, -0.2) is 0 Å². The second-order valence-corrected chi connectivity index (χ2v) is 12.6. The largest absolute Gasteiger partial charge is 0.325 e. The van der Waals surface area contributed by atoms with Gasteiger partial charge >= 0.3 is 0 Å². The third-order valence-corrected chi connectivity index (χ3v) is 11.0. The fourth-order valence-corrected chi connectivity index (χ4v) is 9.00. The first-order chi connectivity index (χ1) is 15.9. The predicted octanol–water partition coefficient (Wildman–Crippen LogP) is 1.81. The molecular weight excluding hydrogens is 426 g/mol. The quantitative estimate of drug-likeness (QED) is 0.527. The second kappa shape index (κ2) is 7.60. The van der Waals surface area contributed by atoms with Gasteiger partial charge < -0.3 is 22.5 Å². The van der Waals surface area contributed by atoms with Crippen LogP contribution in [0.15, 0.2) is 12.4 Å². The smallest absolute Gasteiger partial charge is 0.157 e. The lowest BCUT2D eigenvalue weighted by Gasteiger charge is -2.69. The van der Waals surface area contributed by atoms with Gasteiger partial charge in [0.2, 0.25) is 0 Å². The number of hydrogen-bond acceptors (Lipinski definition) is 7. The minimum atomic E-state index is -0.470. The number of fused-ring (bicyclic) bond motifs is 5. The zero-order chi connectivity index (χ0) is 24.6. The van der Waals surface area contributed by atoms with Crippen LogP contribution in [-0.2, 0) is 11.3 Å². The Morgan fingerprint density at radius 3 is 2.59 bits per heavy atom. The summed E-state index contributed by atoms with van der Waals surface area (Å²) in [6.07, 6.45) is 11.3. The van der Waals surface area contributed by atoms with Crippen molar-refractivity contribution in [2.24, 2.45) is 40.4 Å². The molecule has 4 saturated carbocycles. The van der Waals surface area contributed by atoms with Crippen LogP contribution in [0.3, 0.4) is 0 Å². The number of Topliss-reactive ketones (excluding diaryl/α,β-unsaturated/α-hetero) is 1. The molecule has 4 aliphatic rings. The fourth-order valence-electron chi connectivity index (χ4n) is 9.00. The number of nitriles is 1. The first-order valence-corrected chi connectivity index (χ1v) is 12.9. The summed E-state index contributed by atoms with van der Waals surface area (Å²) < 4.78 is 1.60. The Morgan fingerprint density at radius 2 is 1.91 bits per heavy atom. The number of carbonyl (C=O) groups is 1. The summed E-state index contributed by atoms with van der Waals surface area (Å²) in [6, 6.07) is 2.08. The van der Waals surface area contributed by atoms with Crippen LogP contribution in [0.4, 0.5) is 0 Å². The highest BCUT2D eigenvalue weighted by atomic mass is 16.1. The topological polar surface area (TPSA) is 149 Å². The lowest BCUT2D eigenvalue weighted by molar-refractivity contribution is -0.136. The lowest BCUT2D eigenvalue weighted by Crippen LogP contribution is -2.83. The molecule has 1 aromatic rings. The molecule has 0 bridgehead atoms. The van der Waals surface area contributed by atoms with Crippen LogP contribution < -0.4 is 22.5 Å². The number of aromatic nitrogens is 2. The van der Waals surface area contributed by atoms with Crippen molar-refractivity contribution in [3.05, 3.63) is 18.0 Å². The van der Waals surface area contributed by atoms with E-state index in [9.17, 15) is 4.79 Å². The van der Waals surface area contributed by atoms with E-state index in [1.54, 1.807) is 10.9 Å². The Kier molecular flexibility index (Phi) is 5.35. The number of carbonyl (C=O) groups excluding carboxylic acids is 1. The molecule has 4 unspecified atom stereocenters. The van der Waals surface area contributed by atoms with E-state index in [4.69, 9.17) is 22.5 Å². The number of rotatable bonds is 4. The Labute approximate surface area is 203 Å². The minimum Gasteiger partial charge on any atom is -0.325 e. The highest BCUT2D eigenvalue weighted by Gasteiger charge is 2.70. The van der Waals surface area contributed by atoms with Crippen molar-refractivity contribution in [1.29, 1.82) is 5.26 Å². The summed E-state index contributed by atoms with van der Waals surface area (Å²) >= 11 is 0. The molecule has 4 fully saturated rings. The minimum absolute atomic E-state index is 0.0121. The lowest BCUT2D eigenvalue weighted by atomic mass is 9.41. The molecule has 0 saturated heterocycles. The summed E-state index contributed by atoms with van der Waals surface area (Å²) in [7, 11) is 2.02. The van der Waals surface area contributed by atoms with Gasteiger partial charge in [-0.05, 0) is 89.0 Å². The maximum Gasteiger partial charge on any atom is 0.157 e. The Hall–Kier alpha value is -1.79. The van der Waals surface area contributed by atoms with Crippen molar-refractivity contribution in [1.82, 2.24) is 15.1 Å². The first-order valence-electron chi connectivity index (χ1n) is 12.9. The van der Waals surface area contributed by atoms with Crippen molar-refractivity contribution in [2.75, 3.05) is 7.05 Å². The van der Waals surface area contributed by atoms with Crippen LogP contribution in [0.5, 0.6) is 0 Å². The zero-order valence-electron chi connectivity index (χ0n) is 20.9. The monoisotopic (exact) mass is 467 g/mol. The molecule has 0 spiro atoms. The van der Waals surface area contributed by atoms with Gasteiger partial charge in [-0.2, -0.15) is 10.4 Å². The van der Waals surface area contributed by atoms with E-state index in [2.05, 4.69) is 30.3 Å². The van der Waals surface area contributed by atoms with E-state index in [1.165, 1.54) is 6.20 Å². The van der Waals surface area contributed by atoms with Gasteiger partial charge in [0.05, 0.1) is 18.3 Å². The number of nitrogens with zero attached hydrogens (tertiary/aromatic N) is 3. The Balaban J connectivity index is 1.40. The molecule has 4 aliphatic carbocycles. The van der Waals surface area contributed by atoms with Gasteiger partial charge in [-0.15, -0.1) is 0 Å². The van der Waals surface area contributed by atoms with Crippen LogP contribution in [0, 0.1) is 34.5 Å². The van der Waals surface area contributed by atoms with Gasteiger partial charge in [-0.3, -0.25) is 9.48 Å². The number of nitrogens with one attached hydrogen (secondary N) is 1. The molecule has 8 atom stereocenters. The zero-order valence-corrected chi connectivity index (χ0v) is 20.9. The average molecular weight is 468 g/mol. The summed E-state index contributed by atoms with van der Waals surface area (Å²) in [5, 5.41) is 16.8. The van der Waals surface area contributed by atoms with E-state index in [-0.39, 0.29) is 46.6 Å². The van der Waals surface area contributed by atoms with Gasteiger partial charge in [0.25, 0.3) is 0 Å². The van der Waals surface area contributed by atoms with Crippen LogP contribution in [0.25, 0.3) is 0 Å². The molecule has 5 rings (SSSR count). The van der Waals surface area contributed by atoms with E-state index in [0.717, 1.165) is 57.8 Å². The standard InChI is InChI=1S/C26H41N7O/c1-22(31-3)8-11-26(30)21-6-7-23(2)18(19(34)15-33-14-17(12-27)13-32-33)4-5-20(23)25(21,29)10-9-24(26,28)16-22/h13-14,18,20-21,31H,4-11,15-16,28-30H2,1-3H3/t18-,20?,21?,22-,23-,24+,25?,26?/m1/s1. The molecule has 34 heavy (non-hydrogen) atoms. The van der Waals surface area contributed by atoms with E-state index in [0.29, 0.717) is 5.56 Å². The summed E-state index contributed by atoms with van der Waals surface area (Å²) in [5.74, 6) is 0.610. The molecule has 1 aromatic heterocycles. The van der Waals surface area contributed by atoms with Gasteiger partial charge in [0.1, 0.15) is 6.07 Å². The molecule has 1 heterocycles. The molecule has 0 radical (unpaired) electrons. The molecule has 0 amide bonds. The van der Waals surface area contributed by atoms with Crippen molar-refractivity contribution >= 4 is 5.78 Å². The van der Waals surface area contributed by atoms with Crippen LogP contribution in [0.2, 0.25) is 0 Å². The molecule has 0 aromatic carbocycles. The molecule has 0 aliphatic heterocycles. The summed E-state index contributed by atoms with van der Waals surface area (Å²) in [6.45, 7) is 4.76. The van der Waals surface area contributed by atoms with Gasteiger partial charge in [0, 0.05) is 34.3 Å². The number of hydrogen-bond donors (Lipinski definition) is 4. The molecule has 8 nitrogen and oxygen atoms in total. The fraction of sp³-hybridized carbons (Fsp3) is 0.808. The van der Waals surface area contributed by atoms with E-state index < -0.39 is 11.1 Å². The van der Waals surface area contributed by atoms with Crippen LogP contribution in [-0.4, -0.2) is 44.8 Å². The van der Waals surface area contributed by atoms with Gasteiger partial charge in [-0.1, -0.05) is 6.92 Å². The third-order valence-electron chi connectivity index (χ3n) is 11.0. The maximum absolute atomic E-state index is 13.4. The third kappa shape index (κ3) is 3.17. The van der Waals surface area contributed by atoms with Crippen molar-refractivity contribution < 1.29 is 4.79 Å². The van der Waals surface area contributed by atoms with Crippen LogP contribution in [0.1, 0.15) is 77.2 Å². The van der Waals surface area contributed by atoms with Crippen molar-refractivity contribution in [3.8, 4) is 6.07 Å². The second-order valence-electron chi connectivity index (χ2n) is 12.6. The van der Waals surface area contributed by atoms with Crippen molar-refractivity contribution in [2.45, 2.75) is 100 Å². The number of nitrogens with two attached hydrogens (primary N) is 3. The maximum atomic E-state index is 13.4. The highest BCUT2D eigenvalue weighted by molar-refractivity contribution is 5.82. The summed E-state index contributed by atoms with van der Waals surface area (Å²) in [5.41, 5.74) is 21.0. The molecule has 7 N–H and O–H groups in total. The summed E-state index contributed by atoms with van der Waals surface area (Å²) in [4.78, 5) is 13.4. The predicted molar refractivity (Wildman–Crippen MR) is 130 cm³/mol. The Morgan fingerprint density at radius 1 is 1.15 bits per heavy atom. The first kappa shape index (κ1) is 23.9. The van der Waals surface area contributed by atoms with Crippen molar-refractivity contribution in [3.63, 3.8) is 0 Å². The SMILES string of the molecule is CN[C@]1(C)CCC2(N)C3CC[C@@]4(C)C(CC[C@@H]4C(=O)Cn4cc(C#N)cn4)C3(N)CC[C@]2(N)C1. The average Bonchev–Trinajstić information content (AvgIpc) is 3.39. The van der Waals surface area contributed by atoms with Crippen LogP contribution >= 0.6 is 0 Å². The highest BCUT2D eigenvalue weighted by Crippen LogP contribution is 2.66. The number of ketones is 1. The molecule has 8 heteroatoms. The molecular formula is C26H41N7O. The van der Waals surface area contributed by atoms with E-state index >= 15 is 0 Å². The normalized spacial score (nSPS) is 47.9. The Bertz CT molecular complexity index is 1030. The van der Waals surface area contributed by atoms with E-state index in [1.807, 2.05) is 7.05 Å².